The van der Waals surface area contributed by atoms with Crippen molar-refractivity contribution in [1.29, 1.82) is 0 Å². The van der Waals surface area contributed by atoms with E-state index in [4.69, 9.17) is 0 Å². The zero-order valence-electron chi connectivity index (χ0n) is 15.9. The lowest BCUT2D eigenvalue weighted by molar-refractivity contribution is -0.115. The van der Waals surface area contributed by atoms with Crippen LogP contribution in [0.2, 0.25) is 0 Å². The van der Waals surface area contributed by atoms with Crippen molar-refractivity contribution in [2.45, 2.75) is 17.1 Å². The number of anilines is 1. The smallest absolute Gasteiger partial charge is 0.251 e. The third kappa shape index (κ3) is 5.68. The van der Waals surface area contributed by atoms with Gasteiger partial charge in [-0.15, -0.1) is 11.8 Å². The maximum atomic E-state index is 13.2. The number of hydrogen-bond donors (Lipinski definition) is 2. The molecule has 0 bridgehead atoms. The number of benzene rings is 3. The molecule has 29 heavy (non-hydrogen) atoms. The van der Waals surface area contributed by atoms with E-state index < -0.39 is 5.25 Å². The molecule has 3 rings (SSSR count). The number of hydrogen-bond acceptors (Lipinski definition) is 3. The first-order chi connectivity index (χ1) is 14.1. The summed E-state index contributed by atoms with van der Waals surface area (Å²) in [5, 5.41) is 5.10. The minimum Gasteiger partial charge on any atom is -0.352 e. The number of rotatable bonds is 7. The SMILES string of the molecule is CCNC(=O)c1cccc(NC(=O)C(Sc2ccc(F)cc2)c2ccccc2)c1. The van der Waals surface area contributed by atoms with E-state index in [1.54, 1.807) is 36.4 Å². The Balaban J connectivity index is 1.82. The molecular formula is C23H21FN2O2S. The molecule has 0 heterocycles. The molecule has 3 aromatic rings. The molecular weight excluding hydrogens is 387 g/mol. The summed E-state index contributed by atoms with van der Waals surface area (Å²) in [5.74, 6) is -0.736. The molecule has 1 atom stereocenters. The minimum absolute atomic E-state index is 0.191. The van der Waals surface area contributed by atoms with Gasteiger partial charge in [0.2, 0.25) is 5.91 Å². The molecule has 0 aliphatic heterocycles. The Hall–Kier alpha value is -3.12. The molecule has 4 nitrogen and oxygen atoms in total. The molecule has 0 aliphatic rings. The second kappa shape index (κ2) is 9.89. The van der Waals surface area contributed by atoms with Crippen molar-refractivity contribution in [2.24, 2.45) is 0 Å². The number of carbonyl (C=O) groups excluding carboxylic acids is 2. The van der Waals surface area contributed by atoms with Crippen LogP contribution in [-0.2, 0) is 4.79 Å². The second-order valence-corrected chi connectivity index (χ2v) is 7.47. The van der Waals surface area contributed by atoms with Gasteiger partial charge in [0, 0.05) is 22.7 Å². The van der Waals surface area contributed by atoms with E-state index in [2.05, 4.69) is 10.6 Å². The predicted molar refractivity (Wildman–Crippen MR) is 115 cm³/mol. The fourth-order valence-corrected chi connectivity index (χ4v) is 3.78. The van der Waals surface area contributed by atoms with Crippen LogP contribution in [0.5, 0.6) is 0 Å². The highest BCUT2D eigenvalue weighted by atomic mass is 32.2. The summed E-state index contributed by atoms with van der Waals surface area (Å²) < 4.78 is 13.2. The molecule has 0 aliphatic carbocycles. The van der Waals surface area contributed by atoms with Crippen LogP contribution in [-0.4, -0.2) is 18.4 Å². The molecule has 2 amide bonds. The van der Waals surface area contributed by atoms with Crippen LogP contribution in [0.15, 0.2) is 83.8 Å². The van der Waals surface area contributed by atoms with Crippen LogP contribution in [0.25, 0.3) is 0 Å². The summed E-state index contributed by atoms with van der Waals surface area (Å²) >= 11 is 1.34. The third-order valence-electron chi connectivity index (χ3n) is 4.14. The lowest BCUT2D eigenvalue weighted by Crippen LogP contribution is -2.23. The molecule has 0 saturated heterocycles. The van der Waals surface area contributed by atoms with Gasteiger partial charge < -0.3 is 10.6 Å². The molecule has 3 aromatic carbocycles. The Labute approximate surface area is 173 Å². The number of halogens is 1. The summed E-state index contributed by atoms with van der Waals surface area (Å²) in [4.78, 5) is 25.9. The number of nitrogens with one attached hydrogen (secondary N) is 2. The van der Waals surface area contributed by atoms with Crippen molar-refractivity contribution in [3.63, 3.8) is 0 Å². The second-order valence-electron chi connectivity index (χ2n) is 6.29. The van der Waals surface area contributed by atoms with Gasteiger partial charge in [0.1, 0.15) is 11.1 Å². The van der Waals surface area contributed by atoms with Gasteiger partial charge in [-0.05, 0) is 55.0 Å². The van der Waals surface area contributed by atoms with Crippen molar-refractivity contribution in [3.05, 3.63) is 95.8 Å². The Morgan fingerprint density at radius 2 is 1.69 bits per heavy atom. The maximum absolute atomic E-state index is 13.2. The van der Waals surface area contributed by atoms with E-state index in [1.807, 2.05) is 37.3 Å². The minimum atomic E-state index is -0.533. The van der Waals surface area contributed by atoms with E-state index in [0.717, 1.165) is 10.5 Å². The maximum Gasteiger partial charge on any atom is 0.251 e. The number of thioether (sulfide) groups is 1. The summed E-state index contributed by atoms with van der Waals surface area (Å²) in [7, 11) is 0. The average molecular weight is 408 g/mol. The van der Waals surface area contributed by atoms with Crippen LogP contribution in [0.1, 0.15) is 28.1 Å². The molecule has 0 radical (unpaired) electrons. The third-order valence-corrected chi connectivity index (χ3v) is 5.40. The molecule has 6 heteroatoms. The molecule has 148 valence electrons. The first-order valence-corrected chi connectivity index (χ1v) is 10.1. The summed E-state index contributed by atoms with van der Waals surface area (Å²) in [5.41, 5.74) is 1.85. The van der Waals surface area contributed by atoms with Gasteiger partial charge >= 0.3 is 0 Å². The lowest BCUT2D eigenvalue weighted by Gasteiger charge is -2.17. The zero-order valence-corrected chi connectivity index (χ0v) is 16.7. The average Bonchev–Trinajstić information content (AvgIpc) is 2.74. The fourth-order valence-electron chi connectivity index (χ4n) is 2.76. The Kier molecular flexibility index (Phi) is 7.03. The van der Waals surface area contributed by atoms with Gasteiger partial charge in [0.15, 0.2) is 0 Å². The topological polar surface area (TPSA) is 58.2 Å². The van der Waals surface area contributed by atoms with E-state index in [-0.39, 0.29) is 17.6 Å². The van der Waals surface area contributed by atoms with Crippen molar-refractivity contribution in [3.8, 4) is 0 Å². The molecule has 0 fully saturated rings. The highest BCUT2D eigenvalue weighted by Gasteiger charge is 2.22. The monoisotopic (exact) mass is 408 g/mol. The van der Waals surface area contributed by atoms with Gasteiger partial charge in [0.05, 0.1) is 0 Å². The van der Waals surface area contributed by atoms with Crippen LogP contribution >= 0.6 is 11.8 Å². The van der Waals surface area contributed by atoms with E-state index in [0.29, 0.717) is 17.8 Å². The van der Waals surface area contributed by atoms with Gasteiger partial charge in [0.25, 0.3) is 5.91 Å². The van der Waals surface area contributed by atoms with E-state index in [9.17, 15) is 14.0 Å². The number of carbonyl (C=O) groups is 2. The van der Waals surface area contributed by atoms with Gasteiger partial charge in [-0.1, -0.05) is 36.4 Å². The summed E-state index contributed by atoms with van der Waals surface area (Å²) in [6.45, 7) is 2.38. The first-order valence-electron chi connectivity index (χ1n) is 9.23. The highest BCUT2D eigenvalue weighted by Crippen LogP contribution is 2.36. The van der Waals surface area contributed by atoms with Crippen molar-refractivity contribution in [1.82, 2.24) is 5.32 Å². The van der Waals surface area contributed by atoms with Crippen molar-refractivity contribution >= 4 is 29.3 Å². The normalized spacial score (nSPS) is 11.5. The lowest BCUT2D eigenvalue weighted by atomic mass is 10.1. The number of amides is 2. The Morgan fingerprint density at radius 1 is 0.966 bits per heavy atom. The fraction of sp³-hybridized carbons (Fsp3) is 0.130. The predicted octanol–water partition coefficient (Wildman–Crippen LogP) is 5.05. The van der Waals surface area contributed by atoms with Gasteiger partial charge in [-0.3, -0.25) is 9.59 Å². The zero-order chi connectivity index (χ0) is 20.6. The van der Waals surface area contributed by atoms with E-state index in [1.165, 1.54) is 23.9 Å². The highest BCUT2D eigenvalue weighted by molar-refractivity contribution is 8.00. The molecule has 0 saturated carbocycles. The summed E-state index contributed by atoms with van der Waals surface area (Å²) in [6.07, 6.45) is 0. The van der Waals surface area contributed by atoms with Crippen LogP contribution in [0.4, 0.5) is 10.1 Å². The molecule has 1 unspecified atom stereocenters. The Morgan fingerprint density at radius 3 is 2.38 bits per heavy atom. The van der Waals surface area contributed by atoms with Crippen LogP contribution in [0, 0.1) is 5.82 Å². The van der Waals surface area contributed by atoms with Crippen LogP contribution < -0.4 is 10.6 Å². The van der Waals surface area contributed by atoms with E-state index >= 15 is 0 Å². The van der Waals surface area contributed by atoms with Crippen molar-refractivity contribution in [2.75, 3.05) is 11.9 Å². The summed E-state index contributed by atoms with van der Waals surface area (Å²) in [6, 6.07) is 22.3. The van der Waals surface area contributed by atoms with Gasteiger partial charge in [-0.2, -0.15) is 0 Å². The molecule has 2 N–H and O–H groups in total. The first kappa shape index (κ1) is 20.6. The quantitative estimate of drug-likeness (QED) is 0.538. The largest absolute Gasteiger partial charge is 0.352 e. The molecule has 0 aromatic heterocycles. The standard InChI is InChI=1S/C23H21FN2O2S/c1-2-25-22(27)17-9-6-10-19(15-17)26-23(28)21(16-7-4-3-5-8-16)29-20-13-11-18(24)12-14-20/h3-15,21H,2H2,1H3,(H,25,27)(H,26,28). The van der Waals surface area contributed by atoms with Crippen molar-refractivity contribution < 1.29 is 14.0 Å². The van der Waals surface area contributed by atoms with Gasteiger partial charge in [-0.25, -0.2) is 4.39 Å². The Bertz CT molecular complexity index is 978. The molecule has 0 spiro atoms. The van der Waals surface area contributed by atoms with Crippen LogP contribution in [0.3, 0.4) is 0 Å².